The van der Waals surface area contributed by atoms with Gasteiger partial charge in [-0.15, -0.1) is 0 Å². The summed E-state index contributed by atoms with van der Waals surface area (Å²) in [5, 5.41) is 7.62. The molecule has 0 bridgehead atoms. The van der Waals surface area contributed by atoms with Gasteiger partial charge in [0.25, 0.3) is 0 Å². The Morgan fingerprint density at radius 2 is 2.22 bits per heavy atom. The molecule has 0 amide bonds. The molecule has 1 aromatic rings. The highest BCUT2D eigenvalue weighted by Crippen LogP contribution is 2.35. The second kappa shape index (κ2) is 4.59. The zero-order chi connectivity index (χ0) is 13.3. The summed E-state index contributed by atoms with van der Waals surface area (Å²) in [5.74, 6) is 1.62. The van der Waals surface area contributed by atoms with Gasteiger partial charge in [-0.05, 0) is 29.9 Å². The fourth-order valence-corrected chi connectivity index (χ4v) is 2.52. The van der Waals surface area contributed by atoms with E-state index in [0.29, 0.717) is 11.3 Å². The molecule has 1 aliphatic rings. The summed E-state index contributed by atoms with van der Waals surface area (Å²) in [7, 11) is 0. The number of amidine groups is 1. The molecule has 1 atom stereocenters. The third kappa shape index (κ3) is 2.47. The van der Waals surface area contributed by atoms with Crippen molar-refractivity contribution >= 4 is 11.7 Å². The molecule has 18 heavy (non-hydrogen) atoms. The second-order valence-electron chi connectivity index (χ2n) is 6.09. The van der Waals surface area contributed by atoms with E-state index >= 15 is 0 Å². The van der Waals surface area contributed by atoms with Gasteiger partial charge in [0, 0.05) is 19.3 Å². The van der Waals surface area contributed by atoms with E-state index in [4.69, 9.17) is 11.1 Å². The molecule has 1 aliphatic heterocycles. The number of hydrogen-bond donors (Lipinski definition) is 2. The first-order chi connectivity index (χ1) is 8.39. The van der Waals surface area contributed by atoms with Crippen molar-refractivity contribution in [3.05, 3.63) is 23.9 Å². The van der Waals surface area contributed by atoms with Crippen molar-refractivity contribution in [3.8, 4) is 0 Å². The molecular formula is C14H22N4. The van der Waals surface area contributed by atoms with Crippen molar-refractivity contribution in [1.29, 1.82) is 5.41 Å². The molecular weight excluding hydrogens is 224 g/mol. The summed E-state index contributed by atoms with van der Waals surface area (Å²) in [6, 6.07) is 3.70. The average Bonchev–Trinajstić information content (AvgIpc) is 2.77. The lowest BCUT2D eigenvalue weighted by atomic mass is 9.80. The number of nitrogens with two attached hydrogens (primary N) is 1. The van der Waals surface area contributed by atoms with E-state index in [2.05, 4.69) is 30.7 Å². The lowest BCUT2D eigenvalue weighted by Gasteiger charge is -2.27. The number of rotatable bonds is 2. The monoisotopic (exact) mass is 246 g/mol. The van der Waals surface area contributed by atoms with Crippen LogP contribution in [0.4, 0.5) is 5.82 Å². The van der Waals surface area contributed by atoms with Crippen molar-refractivity contribution in [1.82, 2.24) is 4.98 Å². The Bertz CT molecular complexity index is 447. The number of nitrogens with zero attached hydrogens (tertiary/aromatic N) is 2. The highest BCUT2D eigenvalue weighted by Gasteiger charge is 2.33. The first-order valence-electron chi connectivity index (χ1n) is 6.44. The summed E-state index contributed by atoms with van der Waals surface area (Å²) >= 11 is 0. The maximum absolute atomic E-state index is 7.62. The van der Waals surface area contributed by atoms with Gasteiger partial charge in [0.05, 0.1) is 5.56 Å². The van der Waals surface area contributed by atoms with Gasteiger partial charge in [0.1, 0.15) is 11.7 Å². The fourth-order valence-electron chi connectivity index (χ4n) is 2.52. The van der Waals surface area contributed by atoms with Crippen LogP contribution in [0.1, 0.15) is 32.8 Å². The van der Waals surface area contributed by atoms with Crippen LogP contribution in [0.2, 0.25) is 0 Å². The van der Waals surface area contributed by atoms with Crippen LogP contribution >= 0.6 is 0 Å². The lowest BCUT2D eigenvalue weighted by Crippen LogP contribution is -2.28. The highest BCUT2D eigenvalue weighted by atomic mass is 15.2. The Labute approximate surface area is 109 Å². The summed E-state index contributed by atoms with van der Waals surface area (Å²) in [6.45, 7) is 8.85. The van der Waals surface area contributed by atoms with Gasteiger partial charge < -0.3 is 10.6 Å². The maximum atomic E-state index is 7.62. The molecule has 1 aromatic heterocycles. The van der Waals surface area contributed by atoms with Crippen molar-refractivity contribution < 1.29 is 0 Å². The number of hydrogen-bond acceptors (Lipinski definition) is 3. The molecule has 2 heterocycles. The first-order valence-corrected chi connectivity index (χ1v) is 6.44. The van der Waals surface area contributed by atoms with Crippen LogP contribution in [0.5, 0.6) is 0 Å². The lowest BCUT2D eigenvalue weighted by molar-refractivity contribution is 0.263. The third-order valence-electron chi connectivity index (χ3n) is 3.79. The minimum absolute atomic E-state index is 0.0947. The Morgan fingerprint density at radius 1 is 1.50 bits per heavy atom. The van der Waals surface area contributed by atoms with Gasteiger partial charge in [0.15, 0.2) is 0 Å². The summed E-state index contributed by atoms with van der Waals surface area (Å²) in [6.07, 6.45) is 2.95. The van der Waals surface area contributed by atoms with E-state index in [-0.39, 0.29) is 5.84 Å². The van der Waals surface area contributed by atoms with E-state index in [1.807, 2.05) is 12.1 Å². The van der Waals surface area contributed by atoms with Crippen molar-refractivity contribution in [2.45, 2.75) is 27.2 Å². The van der Waals surface area contributed by atoms with E-state index in [9.17, 15) is 0 Å². The number of pyridine rings is 1. The molecule has 1 fully saturated rings. The van der Waals surface area contributed by atoms with Gasteiger partial charge >= 0.3 is 0 Å². The molecule has 0 radical (unpaired) electrons. The molecule has 0 saturated carbocycles. The quantitative estimate of drug-likeness (QED) is 0.621. The van der Waals surface area contributed by atoms with Crippen molar-refractivity contribution in [2.75, 3.05) is 18.0 Å². The van der Waals surface area contributed by atoms with Gasteiger partial charge in [0.2, 0.25) is 0 Å². The second-order valence-corrected chi connectivity index (χ2v) is 6.09. The van der Waals surface area contributed by atoms with Crippen LogP contribution in [-0.2, 0) is 0 Å². The standard InChI is InChI=1S/C14H22N4/c1-14(2,3)10-6-8-18(9-10)13-11(12(15)16)5-4-7-17-13/h4-5,7,10H,6,8-9H2,1-3H3,(H3,15,16). The fraction of sp³-hybridized carbons (Fsp3) is 0.571. The third-order valence-corrected chi connectivity index (χ3v) is 3.79. The van der Waals surface area contributed by atoms with Gasteiger partial charge in [-0.2, -0.15) is 0 Å². The topological polar surface area (TPSA) is 66.0 Å². The van der Waals surface area contributed by atoms with Crippen LogP contribution < -0.4 is 10.6 Å². The molecule has 0 spiro atoms. The smallest absolute Gasteiger partial charge is 0.139 e. The summed E-state index contributed by atoms with van der Waals surface area (Å²) in [4.78, 5) is 6.66. The molecule has 4 heteroatoms. The number of nitrogens with one attached hydrogen (secondary N) is 1. The summed E-state index contributed by atoms with van der Waals surface area (Å²) < 4.78 is 0. The first kappa shape index (κ1) is 12.9. The predicted molar refractivity (Wildman–Crippen MR) is 75.0 cm³/mol. The Balaban J connectivity index is 2.22. The number of nitrogen functional groups attached to an aromatic ring is 1. The van der Waals surface area contributed by atoms with Crippen LogP contribution in [0.15, 0.2) is 18.3 Å². The Kier molecular flexibility index (Phi) is 3.28. The molecule has 4 nitrogen and oxygen atoms in total. The molecule has 1 unspecified atom stereocenters. The van der Waals surface area contributed by atoms with Crippen LogP contribution in [0.3, 0.4) is 0 Å². The minimum atomic E-state index is 0.0947. The van der Waals surface area contributed by atoms with Gasteiger partial charge in [-0.1, -0.05) is 20.8 Å². The molecule has 2 rings (SSSR count). The van der Waals surface area contributed by atoms with Crippen LogP contribution in [-0.4, -0.2) is 23.9 Å². The van der Waals surface area contributed by atoms with Crippen molar-refractivity contribution in [2.24, 2.45) is 17.1 Å². The SMILES string of the molecule is CC(C)(C)C1CCN(c2ncccc2C(=N)N)C1. The molecule has 1 saturated heterocycles. The summed E-state index contributed by atoms with van der Waals surface area (Å²) in [5.41, 5.74) is 6.68. The normalized spacial score (nSPS) is 20.2. The average molecular weight is 246 g/mol. The van der Waals surface area contributed by atoms with E-state index < -0.39 is 0 Å². The van der Waals surface area contributed by atoms with Crippen LogP contribution in [0, 0.1) is 16.7 Å². The zero-order valence-electron chi connectivity index (χ0n) is 11.4. The zero-order valence-corrected chi connectivity index (χ0v) is 11.4. The molecule has 0 aromatic carbocycles. The molecule has 98 valence electrons. The van der Waals surface area contributed by atoms with E-state index in [1.54, 1.807) is 6.20 Å². The largest absolute Gasteiger partial charge is 0.384 e. The van der Waals surface area contributed by atoms with Crippen LogP contribution in [0.25, 0.3) is 0 Å². The minimum Gasteiger partial charge on any atom is -0.384 e. The van der Waals surface area contributed by atoms with E-state index in [0.717, 1.165) is 24.5 Å². The Morgan fingerprint density at radius 3 is 2.78 bits per heavy atom. The van der Waals surface area contributed by atoms with Crippen molar-refractivity contribution in [3.63, 3.8) is 0 Å². The van der Waals surface area contributed by atoms with E-state index in [1.165, 1.54) is 6.42 Å². The number of anilines is 1. The predicted octanol–water partition coefficient (Wildman–Crippen LogP) is 2.24. The van der Waals surface area contributed by atoms with Gasteiger partial charge in [-0.25, -0.2) is 4.98 Å². The highest BCUT2D eigenvalue weighted by molar-refractivity contribution is 5.99. The maximum Gasteiger partial charge on any atom is 0.139 e. The number of aromatic nitrogens is 1. The Hall–Kier alpha value is -1.58. The molecule has 3 N–H and O–H groups in total. The van der Waals surface area contributed by atoms with Gasteiger partial charge in [-0.3, -0.25) is 5.41 Å². The molecule has 0 aliphatic carbocycles.